The van der Waals surface area contributed by atoms with E-state index in [9.17, 15) is 0 Å². The van der Waals surface area contributed by atoms with E-state index in [-0.39, 0.29) is 13.2 Å². The Kier molecular flexibility index (Phi) is 4.97. The first kappa shape index (κ1) is 11.0. The van der Waals surface area contributed by atoms with Crippen molar-refractivity contribution in [1.29, 1.82) is 0 Å². The standard InChI is InChI=1S/C12H16O2/c13-9-7-11-3-1-2-4-12(6-5-11)8-10-14/h1-6,13-14H,7-10H2/b2-1-,3-1?,4-2?,6-5-,11-3+,11-5?,12-4+,12-6?. The van der Waals surface area contributed by atoms with E-state index in [0.717, 1.165) is 11.1 Å². The van der Waals surface area contributed by atoms with Gasteiger partial charge in [-0.3, -0.25) is 0 Å². The summed E-state index contributed by atoms with van der Waals surface area (Å²) < 4.78 is 0. The summed E-state index contributed by atoms with van der Waals surface area (Å²) in [6, 6.07) is 0. The molecule has 0 heterocycles. The summed E-state index contributed by atoms with van der Waals surface area (Å²) in [6.07, 6.45) is 13.2. The van der Waals surface area contributed by atoms with E-state index in [4.69, 9.17) is 10.2 Å². The van der Waals surface area contributed by atoms with E-state index in [1.807, 2.05) is 36.5 Å². The first-order chi connectivity index (χ1) is 6.86. The summed E-state index contributed by atoms with van der Waals surface area (Å²) in [4.78, 5) is 0. The molecule has 0 spiro atoms. The van der Waals surface area contributed by atoms with Crippen LogP contribution in [0.15, 0.2) is 47.6 Å². The molecule has 0 unspecified atom stereocenters. The highest BCUT2D eigenvalue weighted by Crippen LogP contribution is 2.11. The molecule has 0 saturated heterocycles. The third kappa shape index (κ3) is 3.73. The van der Waals surface area contributed by atoms with Crippen LogP contribution >= 0.6 is 0 Å². The lowest BCUT2D eigenvalue weighted by Gasteiger charge is -2.02. The second-order valence-electron chi connectivity index (χ2n) is 3.15. The SMILES string of the molecule is OCCC1=C/C=C\C=C(CCO)/C=C\1. The summed E-state index contributed by atoms with van der Waals surface area (Å²) in [6.45, 7) is 0.339. The lowest BCUT2D eigenvalue weighted by atomic mass is 10.1. The van der Waals surface area contributed by atoms with Crippen LogP contribution in [0.2, 0.25) is 0 Å². The van der Waals surface area contributed by atoms with Crippen LogP contribution in [0.3, 0.4) is 0 Å². The molecule has 0 saturated carbocycles. The summed E-state index contributed by atoms with van der Waals surface area (Å²) in [5.41, 5.74) is 2.21. The number of hydrogen-bond acceptors (Lipinski definition) is 2. The number of hydrogen-bond donors (Lipinski definition) is 2. The largest absolute Gasteiger partial charge is 0.396 e. The molecular weight excluding hydrogens is 176 g/mol. The van der Waals surface area contributed by atoms with Gasteiger partial charge in [-0.1, -0.05) is 36.5 Å². The zero-order chi connectivity index (χ0) is 10.2. The Labute approximate surface area is 84.6 Å². The Morgan fingerprint density at radius 2 is 1.21 bits per heavy atom. The van der Waals surface area contributed by atoms with Gasteiger partial charge in [0, 0.05) is 13.2 Å². The van der Waals surface area contributed by atoms with Crippen LogP contribution < -0.4 is 0 Å². The third-order valence-corrected chi connectivity index (χ3v) is 2.04. The minimum absolute atomic E-state index is 0.170. The molecule has 0 aromatic carbocycles. The molecule has 0 amide bonds. The number of aliphatic hydroxyl groups is 2. The fraction of sp³-hybridized carbons (Fsp3) is 0.333. The molecule has 2 heteroatoms. The van der Waals surface area contributed by atoms with E-state index in [1.165, 1.54) is 0 Å². The molecule has 2 nitrogen and oxygen atoms in total. The van der Waals surface area contributed by atoms with E-state index in [1.54, 1.807) is 0 Å². The zero-order valence-corrected chi connectivity index (χ0v) is 8.19. The predicted octanol–water partition coefficient (Wildman–Crippen LogP) is 1.73. The van der Waals surface area contributed by atoms with Gasteiger partial charge in [0.1, 0.15) is 0 Å². The molecule has 0 aromatic rings. The fourth-order valence-corrected chi connectivity index (χ4v) is 1.28. The molecule has 1 aliphatic carbocycles. The molecule has 0 aromatic heterocycles. The van der Waals surface area contributed by atoms with Gasteiger partial charge in [0.2, 0.25) is 0 Å². The third-order valence-electron chi connectivity index (χ3n) is 2.04. The monoisotopic (exact) mass is 192 g/mol. The van der Waals surface area contributed by atoms with Crippen molar-refractivity contribution in [3.05, 3.63) is 47.6 Å². The Hall–Kier alpha value is -1.12. The maximum absolute atomic E-state index is 8.80. The van der Waals surface area contributed by atoms with Gasteiger partial charge in [0.05, 0.1) is 0 Å². The van der Waals surface area contributed by atoms with Gasteiger partial charge in [-0.25, -0.2) is 0 Å². The van der Waals surface area contributed by atoms with Crippen molar-refractivity contribution in [3.63, 3.8) is 0 Å². The highest BCUT2D eigenvalue weighted by molar-refractivity contribution is 5.35. The Morgan fingerprint density at radius 3 is 1.57 bits per heavy atom. The van der Waals surface area contributed by atoms with Crippen LogP contribution in [0.4, 0.5) is 0 Å². The van der Waals surface area contributed by atoms with Gasteiger partial charge in [-0.05, 0) is 24.0 Å². The van der Waals surface area contributed by atoms with Crippen LogP contribution in [-0.4, -0.2) is 23.4 Å². The molecule has 76 valence electrons. The highest BCUT2D eigenvalue weighted by atomic mass is 16.3. The Morgan fingerprint density at radius 1 is 0.786 bits per heavy atom. The van der Waals surface area contributed by atoms with Crippen LogP contribution in [0.25, 0.3) is 0 Å². The van der Waals surface area contributed by atoms with E-state index in [2.05, 4.69) is 0 Å². The molecule has 0 radical (unpaired) electrons. The molecule has 0 fully saturated rings. The first-order valence-electron chi connectivity index (χ1n) is 4.83. The first-order valence-corrected chi connectivity index (χ1v) is 4.83. The number of allylic oxidation sites excluding steroid dienone is 6. The number of aliphatic hydroxyl groups excluding tert-OH is 2. The average molecular weight is 192 g/mol. The average Bonchev–Trinajstić information content (AvgIpc) is 2.15. The van der Waals surface area contributed by atoms with Crippen molar-refractivity contribution in [3.8, 4) is 0 Å². The normalized spacial score (nSPS) is 27.9. The minimum atomic E-state index is 0.170. The van der Waals surface area contributed by atoms with Gasteiger partial charge in [0.25, 0.3) is 0 Å². The molecular formula is C12H16O2. The van der Waals surface area contributed by atoms with Crippen molar-refractivity contribution in [2.24, 2.45) is 0 Å². The van der Waals surface area contributed by atoms with Crippen LogP contribution in [-0.2, 0) is 0 Å². The van der Waals surface area contributed by atoms with Gasteiger partial charge in [-0.15, -0.1) is 0 Å². The topological polar surface area (TPSA) is 40.5 Å². The minimum Gasteiger partial charge on any atom is -0.396 e. The fourth-order valence-electron chi connectivity index (χ4n) is 1.28. The van der Waals surface area contributed by atoms with E-state index in [0.29, 0.717) is 12.8 Å². The summed E-state index contributed by atoms with van der Waals surface area (Å²) >= 11 is 0. The summed E-state index contributed by atoms with van der Waals surface area (Å²) in [5, 5.41) is 17.6. The molecule has 0 bridgehead atoms. The molecule has 1 rings (SSSR count). The van der Waals surface area contributed by atoms with Gasteiger partial charge in [-0.2, -0.15) is 0 Å². The van der Waals surface area contributed by atoms with Crippen molar-refractivity contribution in [2.75, 3.05) is 13.2 Å². The predicted molar refractivity (Wildman–Crippen MR) is 57.9 cm³/mol. The quantitative estimate of drug-likeness (QED) is 0.712. The van der Waals surface area contributed by atoms with E-state index >= 15 is 0 Å². The van der Waals surface area contributed by atoms with Crippen LogP contribution in [0.5, 0.6) is 0 Å². The van der Waals surface area contributed by atoms with Gasteiger partial charge < -0.3 is 10.2 Å². The lowest BCUT2D eigenvalue weighted by Crippen LogP contribution is -1.89. The lowest BCUT2D eigenvalue weighted by molar-refractivity contribution is 0.299. The maximum Gasteiger partial charge on any atom is 0.0471 e. The second-order valence-corrected chi connectivity index (χ2v) is 3.15. The van der Waals surface area contributed by atoms with Crippen molar-refractivity contribution in [2.45, 2.75) is 12.8 Å². The van der Waals surface area contributed by atoms with Crippen molar-refractivity contribution in [1.82, 2.24) is 0 Å². The Balaban J connectivity index is 2.67. The van der Waals surface area contributed by atoms with E-state index < -0.39 is 0 Å². The summed E-state index contributed by atoms with van der Waals surface area (Å²) in [5.74, 6) is 0. The molecule has 0 aliphatic heterocycles. The molecule has 14 heavy (non-hydrogen) atoms. The van der Waals surface area contributed by atoms with Crippen LogP contribution in [0, 0.1) is 0 Å². The molecule has 2 N–H and O–H groups in total. The molecule has 0 atom stereocenters. The van der Waals surface area contributed by atoms with Gasteiger partial charge >= 0.3 is 0 Å². The second kappa shape index (κ2) is 6.35. The Bertz CT molecular complexity index is 255. The van der Waals surface area contributed by atoms with Crippen molar-refractivity contribution >= 4 is 0 Å². The van der Waals surface area contributed by atoms with Gasteiger partial charge in [0.15, 0.2) is 0 Å². The smallest absolute Gasteiger partial charge is 0.0471 e. The zero-order valence-electron chi connectivity index (χ0n) is 8.19. The highest BCUT2D eigenvalue weighted by Gasteiger charge is 1.95. The summed E-state index contributed by atoms with van der Waals surface area (Å²) in [7, 11) is 0. The maximum atomic E-state index is 8.80. The molecule has 1 aliphatic rings. The van der Waals surface area contributed by atoms with Crippen LogP contribution in [0.1, 0.15) is 12.8 Å². The van der Waals surface area contributed by atoms with Crippen molar-refractivity contribution < 1.29 is 10.2 Å². The number of rotatable bonds is 4.